The molecule has 1 fully saturated rings. The number of halogens is 1. The van der Waals surface area contributed by atoms with Crippen molar-refractivity contribution in [1.82, 2.24) is 0 Å². The zero-order chi connectivity index (χ0) is 13.0. The molecule has 3 nitrogen and oxygen atoms in total. The maximum absolute atomic E-state index is 11.1. The van der Waals surface area contributed by atoms with Crippen LogP contribution in [0.4, 0.5) is 5.69 Å². The highest BCUT2D eigenvalue weighted by atomic mass is 79.9. The second-order valence-electron chi connectivity index (χ2n) is 4.78. The lowest BCUT2D eigenvalue weighted by Gasteiger charge is -2.29. The molecule has 0 bridgehead atoms. The molecule has 1 saturated heterocycles. The smallest absolute Gasteiger partial charge is 0.152 e. The minimum Gasteiger partial charge on any atom is -0.381 e. The van der Waals surface area contributed by atoms with E-state index in [9.17, 15) is 4.79 Å². The largest absolute Gasteiger partial charge is 0.381 e. The summed E-state index contributed by atoms with van der Waals surface area (Å²) in [6.07, 6.45) is 3.25. The maximum atomic E-state index is 11.1. The van der Waals surface area contributed by atoms with E-state index in [2.05, 4.69) is 20.8 Å². The van der Waals surface area contributed by atoms with Gasteiger partial charge in [0.2, 0.25) is 0 Å². The molecule has 4 heteroatoms. The summed E-state index contributed by atoms with van der Waals surface area (Å²) in [5.41, 5.74) is 1.71. The van der Waals surface area contributed by atoms with Gasteiger partial charge in [0, 0.05) is 35.9 Å². The molecule has 1 aromatic carbocycles. The van der Waals surface area contributed by atoms with Crippen molar-refractivity contribution in [2.45, 2.75) is 12.8 Å². The highest BCUT2D eigenvalue weighted by Gasteiger charge is 2.17. The number of ether oxygens (including phenoxy) is 1. The number of nitrogens with zero attached hydrogens (tertiary/aromatic N) is 1. The fourth-order valence-electron chi connectivity index (χ4n) is 2.40. The number of benzene rings is 1. The van der Waals surface area contributed by atoms with Crippen molar-refractivity contribution in [3.05, 3.63) is 28.2 Å². The molecule has 98 valence electrons. The predicted molar refractivity (Wildman–Crippen MR) is 76.3 cm³/mol. The number of rotatable bonds is 4. The quantitative estimate of drug-likeness (QED) is 0.800. The van der Waals surface area contributed by atoms with E-state index in [0.29, 0.717) is 5.92 Å². The van der Waals surface area contributed by atoms with E-state index >= 15 is 0 Å². The Bertz CT molecular complexity index is 416. The molecule has 1 unspecified atom stereocenters. The third-order valence-electron chi connectivity index (χ3n) is 3.31. The van der Waals surface area contributed by atoms with Gasteiger partial charge in [0.15, 0.2) is 6.29 Å². The van der Waals surface area contributed by atoms with Crippen molar-refractivity contribution in [3.63, 3.8) is 0 Å². The predicted octanol–water partition coefficient (Wildman–Crippen LogP) is 3.12. The molecule has 0 spiro atoms. The SMILES string of the molecule is CN(CC1CCCOC1)c1ccc(Br)cc1C=O. The van der Waals surface area contributed by atoms with Crippen LogP contribution in [0.3, 0.4) is 0 Å². The Morgan fingerprint density at radius 3 is 3.06 bits per heavy atom. The Morgan fingerprint density at radius 1 is 1.56 bits per heavy atom. The summed E-state index contributed by atoms with van der Waals surface area (Å²) in [4.78, 5) is 13.3. The van der Waals surface area contributed by atoms with Crippen molar-refractivity contribution in [3.8, 4) is 0 Å². The molecular weight excluding hydrogens is 294 g/mol. The van der Waals surface area contributed by atoms with Gasteiger partial charge in [0.25, 0.3) is 0 Å². The first-order valence-electron chi connectivity index (χ1n) is 6.24. The molecule has 0 radical (unpaired) electrons. The van der Waals surface area contributed by atoms with Gasteiger partial charge in [-0.3, -0.25) is 4.79 Å². The van der Waals surface area contributed by atoms with E-state index in [1.807, 2.05) is 25.2 Å². The molecule has 1 atom stereocenters. The first-order chi connectivity index (χ1) is 8.70. The fraction of sp³-hybridized carbons (Fsp3) is 0.500. The molecule has 1 aromatic rings. The molecule has 2 rings (SSSR count). The number of carbonyl (C=O) groups excluding carboxylic acids is 1. The summed E-state index contributed by atoms with van der Waals surface area (Å²) < 4.78 is 6.42. The van der Waals surface area contributed by atoms with Gasteiger partial charge in [-0.1, -0.05) is 15.9 Å². The van der Waals surface area contributed by atoms with E-state index in [1.165, 1.54) is 6.42 Å². The number of carbonyl (C=O) groups is 1. The van der Waals surface area contributed by atoms with Crippen molar-refractivity contribution >= 4 is 27.9 Å². The summed E-state index contributed by atoms with van der Waals surface area (Å²) in [5.74, 6) is 0.562. The molecule has 1 aliphatic rings. The Morgan fingerprint density at radius 2 is 2.39 bits per heavy atom. The average Bonchev–Trinajstić information content (AvgIpc) is 2.39. The van der Waals surface area contributed by atoms with Crippen LogP contribution in [0.1, 0.15) is 23.2 Å². The minimum absolute atomic E-state index is 0.562. The van der Waals surface area contributed by atoms with E-state index in [1.54, 1.807) is 0 Å². The maximum Gasteiger partial charge on any atom is 0.152 e. The van der Waals surface area contributed by atoms with Gasteiger partial charge in [-0.15, -0.1) is 0 Å². The van der Waals surface area contributed by atoms with Crippen LogP contribution in [0.5, 0.6) is 0 Å². The Kier molecular flexibility index (Phi) is 4.78. The lowest BCUT2D eigenvalue weighted by Crippen LogP contribution is -2.31. The lowest BCUT2D eigenvalue weighted by atomic mass is 10.0. The van der Waals surface area contributed by atoms with Crippen molar-refractivity contribution in [1.29, 1.82) is 0 Å². The van der Waals surface area contributed by atoms with Crippen LogP contribution in [0.15, 0.2) is 22.7 Å². The third-order valence-corrected chi connectivity index (χ3v) is 3.81. The highest BCUT2D eigenvalue weighted by molar-refractivity contribution is 9.10. The topological polar surface area (TPSA) is 29.5 Å². The molecule has 0 N–H and O–H groups in total. The zero-order valence-corrected chi connectivity index (χ0v) is 12.1. The van der Waals surface area contributed by atoms with Gasteiger partial charge in [-0.05, 0) is 37.0 Å². The van der Waals surface area contributed by atoms with Crippen LogP contribution in [0, 0.1) is 5.92 Å². The standard InChI is InChI=1S/C14H18BrNO2/c1-16(8-11-3-2-6-18-10-11)14-5-4-13(15)7-12(14)9-17/h4-5,7,9,11H,2-3,6,8,10H2,1H3. The summed E-state index contributed by atoms with van der Waals surface area (Å²) in [6, 6.07) is 5.81. The highest BCUT2D eigenvalue weighted by Crippen LogP contribution is 2.24. The molecule has 1 aliphatic heterocycles. The molecule has 0 aliphatic carbocycles. The van der Waals surface area contributed by atoms with Crippen LogP contribution in [-0.4, -0.2) is 33.1 Å². The summed E-state index contributed by atoms with van der Waals surface area (Å²) in [5, 5.41) is 0. The summed E-state index contributed by atoms with van der Waals surface area (Å²) in [7, 11) is 2.03. The summed E-state index contributed by atoms with van der Waals surface area (Å²) >= 11 is 3.39. The fourth-order valence-corrected chi connectivity index (χ4v) is 2.78. The first-order valence-corrected chi connectivity index (χ1v) is 7.03. The number of hydrogen-bond acceptors (Lipinski definition) is 3. The second-order valence-corrected chi connectivity index (χ2v) is 5.70. The molecule has 1 heterocycles. The second kappa shape index (κ2) is 6.34. The van der Waals surface area contributed by atoms with Gasteiger partial charge >= 0.3 is 0 Å². The van der Waals surface area contributed by atoms with Gasteiger partial charge < -0.3 is 9.64 Å². The zero-order valence-electron chi connectivity index (χ0n) is 10.6. The van der Waals surface area contributed by atoms with Crippen LogP contribution < -0.4 is 4.90 Å². The number of hydrogen-bond donors (Lipinski definition) is 0. The van der Waals surface area contributed by atoms with Gasteiger partial charge in [0.05, 0.1) is 6.61 Å². The average molecular weight is 312 g/mol. The minimum atomic E-state index is 0.562. The number of anilines is 1. The van der Waals surface area contributed by atoms with Crippen LogP contribution in [-0.2, 0) is 4.74 Å². The van der Waals surface area contributed by atoms with Gasteiger partial charge in [0.1, 0.15) is 0 Å². The monoisotopic (exact) mass is 311 g/mol. The number of aldehydes is 1. The van der Waals surface area contributed by atoms with Gasteiger partial charge in [-0.25, -0.2) is 0 Å². The third kappa shape index (κ3) is 3.33. The molecule has 0 saturated carbocycles. The molecule has 0 aromatic heterocycles. The van der Waals surface area contributed by atoms with Crippen molar-refractivity contribution in [2.75, 3.05) is 31.7 Å². The summed E-state index contributed by atoms with van der Waals surface area (Å²) in [6.45, 7) is 2.65. The Labute approximate surface area is 116 Å². The van der Waals surface area contributed by atoms with Crippen LogP contribution in [0.25, 0.3) is 0 Å². The van der Waals surface area contributed by atoms with Crippen LogP contribution in [0.2, 0.25) is 0 Å². The van der Waals surface area contributed by atoms with Gasteiger partial charge in [-0.2, -0.15) is 0 Å². The first kappa shape index (κ1) is 13.6. The van der Waals surface area contributed by atoms with E-state index in [0.717, 1.165) is 48.2 Å². The van der Waals surface area contributed by atoms with Crippen molar-refractivity contribution < 1.29 is 9.53 Å². The lowest BCUT2D eigenvalue weighted by molar-refractivity contribution is 0.0576. The van der Waals surface area contributed by atoms with E-state index < -0.39 is 0 Å². The van der Waals surface area contributed by atoms with Crippen molar-refractivity contribution in [2.24, 2.45) is 5.92 Å². The normalized spacial score (nSPS) is 19.6. The van der Waals surface area contributed by atoms with E-state index in [-0.39, 0.29) is 0 Å². The molecular formula is C14H18BrNO2. The molecule has 0 amide bonds. The van der Waals surface area contributed by atoms with E-state index in [4.69, 9.17) is 4.74 Å². The molecule has 18 heavy (non-hydrogen) atoms. The Hall–Kier alpha value is -0.870. The Balaban J connectivity index is 2.07. The van der Waals surface area contributed by atoms with Crippen LogP contribution >= 0.6 is 15.9 Å².